The monoisotopic (exact) mass is 294 g/mol. The number of rotatable bonds is 5. The number of nitrogens with zero attached hydrogens (tertiary/aromatic N) is 3. The van der Waals surface area contributed by atoms with Crippen molar-refractivity contribution in [3.05, 3.63) is 12.2 Å². The third kappa shape index (κ3) is 3.44. The van der Waals surface area contributed by atoms with Gasteiger partial charge in [0.15, 0.2) is 0 Å². The van der Waals surface area contributed by atoms with Gasteiger partial charge in [-0.2, -0.15) is 5.10 Å². The number of ether oxygens (including phenoxy) is 2. The van der Waals surface area contributed by atoms with Crippen LogP contribution in [0.3, 0.4) is 0 Å². The Morgan fingerprint density at radius 2 is 2.38 bits per heavy atom. The van der Waals surface area contributed by atoms with Gasteiger partial charge >= 0.3 is 0 Å². The largest absolute Gasteiger partial charge is 0.378 e. The maximum Gasteiger partial charge on any atom is 0.141 e. The van der Waals surface area contributed by atoms with Gasteiger partial charge in [-0.1, -0.05) is 13.8 Å². The molecule has 2 saturated heterocycles. The standard InChI is InChI=1S/C15H26N4O2/c1-12(2)8-16-9-14-17-11-18-19(14)13-3-5-21-15(7-13)4-6-20-10-15/h11-13,16H,3-10H2,1-2H3. The summed E-state index contributed by atoms with van der Waals surface area (Å²) in [6.45, 7) is 8.51. The molecule has 3 rings (SSSR count). The van der Waals surface area contributed by atoms with Crippen LogP contribution in [0, 0.1) is 5.92 Å². The van der Waals surface area contributed by atoms with Crippen LogP contribution in [-0.2, 0) is 16.0 Å². The topological polar surface area (TPSA) is 61.2 Å². The Kier molecular flexibility index (Phi) is 4.57. The lowest BCUT2D eigenvalue weighted by Gasteiger charge is -2.37. The van der Waals surface area contributed by atoms with Gasteiger partial charge in [0.1, 0.15) is 12.2 Å². The number of hydrogen-bond donors (Lipinski definition) is 1. The summed E-state index contributed by atoms with van der Waals surface area (Å²) >= 11 is 0. The fourth-order valence-electron chi connectivity index (χ4n) is 3.25. The molecule has 1 spiro atoms. The van der Waals surface area contributed by atoms with Gasteiger partial charge in [-0.25, -0.2) is 9.67 Å². The lowest BCUT2D eigenvalue weighted by Crippen LogP contribution is -2.41. The first-order chi connectivity index (χ1) is 10.2. The van der Waals surface area contributed by atoms with Crippen LogP contribution >= 0.6 is 0 Å². The zero-order chi connectivity index (χ0) is 14.7. The minimum Gasteiger partial charge on any atom is -0.378 e. The van der Waals surface area contributed by atoms with Crippen LogP contribution in [0.1, 0.15) is 45.0 Å². The number of hydrogen-bond acceptors (Lipinski definition) is 5. The van der Waals surface area contributed by atoms with E-state index in [1.165, 1.54) is 0 Å². The van der Waals surface area contributed by atoms with Crippen molar-refractivity contribution in [3.8, 4) is 0 Å². The van der Waals surface area contributed by atoms with Gasteiger partial charge in [0.25, 0.3) is 0 Å². The molecule has 21 heavy (non-hydrogen) atoms. The fraction of sp³-hybridized carbons (Fsp3) is 0.867. The van der Waals surface area contributed by atoms with Crippen molar-refractivity contribution in [2.24, 2.45) is 5.92 Å². The summed E-state index contributed by atoms with van der Waals surface area (Å²) < 4.78 is 13.6. The molecule has 0 aromatic carbocycles. The van der Waals surface area contributed by atoms with E-state index in [0.29, 0.717) is 12.0 Å². The van der Waals surface area contributed by atoms with Gasteiger partial charge in [-0.3, -0.25) is 0 Å². The smallest absolute Gasteiger partial charge is 0.141 e. The van der Waals surface area contributed by atoms with Gasteiger partial charge in [-0.15, -0.1) is 0 Å². The van der Waals surface area contributed by atoms with Crippen LogP contribution in [0.25, 0.3) is 0 Å². The van der Waals surface area contributed by atoms with Crippen LogP contribution < -0.4 is 5.32 Å². The molecule has 0 bridgehead atoms. The summed E-state index contributed by atoms with van der Waals surface area (Å²) in [4.78, 5) is 4.42. The predicted molar refractivity (Wildman–Crippen MR) is 79.0 cm³/mol. The van der Waals surface area contributed by atoms with Crippen LogP contribution in [0.4, 0.5) is 0 Å². The van der Waals surface area contributed by atoms with Crippen molar-refractivity contribution in [2.75, 3.05) is 26.4 Å². The third-order valence-corrected chi connectivity index (χ3v) is 4.36. The molecule has 6 nitrogen and oxygen atoms in total. The highest BCUT2D eigenvalue weighted by atomic mass is 16.6. The first-order valence-corrected chi connectivity index (χ1v) is 7.99. The van der Waals surface area contributed by atoms with Gasteiger partial charge in [0, 0.05) is 26.1 Å². The summed E-state index contributed by atoms with van der Waals surface area (Å²) in [6.07, 6.45) is 4.65. The lowest BCUT2D eigenvalue weighted by atomic mass is 9.90. The van der Waals surface area contributed by atoms with Crippen molar-refractivity contribution in [3.63, 3.8) is 0 Å². The second-order valence-electron chi connectivity index (χ2n) is 6.63. The van der Waals surface area contributed by atoms with Gasteiger partial charge < -0.3 is 14.8 Å². The number of nitrogens with one attached hydrogen (secondary N) is 1. The maximum atomic E-state index is 6.01. The first kappa shape index (κ1) is 14.9. The molecule has 2 aliphatic rings. The summed E-state index contributed by atoms with van der Waals surface area (Å²) in [7, 11) is 0. The Morgan fingerprint density at radius 1 is 1.48 bits per heavy atom. The van der Waals surface area contributed by atoms with E-state index in [2.05, 4.69) is 33.9 Å². The van der Waals surface area contributed by atoms with E-state index in [4.69, 9.17) is 9.47 Å². The molecule has 2 unspecified atom stereocenters. The molecule has 118 valence electrons. The van der Waals surface area contributed by atoms with Gasteiger partial charge in [0.2, 0.25) is 0 Å². The van der Waals surface area contributed by atoms with E-state index in [-0.39, 0.29) is 5.60 Å². The third-order valence-electron chi connectivity index (χ3n) is 4.36. The Hall–Kier alpha value is -0.980. The highest BCUT2D eigenvalue weighted by Gasteiger charge is 2.42. The lowest BCUT2D eigenvalue weighted by molar-refractivity contribution is -0.0966. The Bertz CT molecular complexity index is 454. The molecular weight excluding hydrogens is 268 g/mol. The molecule has 3 heterocycles. The summed E-state index contributed by atoms with van der Waals surface area (Å²) in [5, 5.41) is 7.91. The minimum absolute atomic E-state index is 0.0858. The average Bonchev–Trinajstić information content (AvgIpc) is 3.08. The Morgan fingerprint density at radius 3 is 3.14 bits per heavy atom. The highest BCUT2D eigenvalue weighted by Crippen LogP contribution is 2.37. The van der Waals surface area contributed by atoms with E-state index in [9.17, 15) is 0 Å². The van der Waals surface area contributed by atoms with Crippen molar-refractivity contribution < 1.29 is 9.47 Å². The molecule has 0 radical (unpaired) electrons. The van der Waals surface area contributed by atoms with E-state index < -0.39 is 0 Å². The summed E-state index contributed by atoms with van der Waals surface area (Å²) in [5.74, 6) is 1.67. The van der Waals surface area contributed by atoms with E-state index in [1.807, 2.05) is 0 Å². The van der Waals surface area contributed by atoms with Crippen molar-refractivity contribution in [1.29, 1.82) is 0 Å². The molecule has 0 aliphatic carbocycles. The molecule has 2 aliphatic heterocycles. The van der Waals surface area contributed by atoms with Crippen molar-refractivity contribution in [1.82, 2.24) is 20.1 Å². The van der Waals surface area contributed by atoms with Gasteiger partial charge in [-0.05, 0) is 18.9 Å². The maximum absolute atomic E-state index is 6.01. The molecule has 1 aromatic heterocycles. The predicted octanol–water partition coefficient (Wildman–Crippen LogP) is 1.53. The molecule has 2 fully saturated rings. The van der Waals surface area contributed by atoms with E-state index >= 15 is 0 Å². The normalized spacial score (nSPS) is 29.6. The second-order valence-corrected chi connectivity index (χ2v) is 6.63. The highest BCUT2D eigenvalue weighted by molar-refractivity contribution is 4.95. The molecule has 6 heteroatoms. The zero-order valence-corrected chi connectivity index (χ0v) is 13.0. The molecule has 0 amide bonds. The molecule has 1 aromatic rings. The molecule has 2 atom stereocenters. The first-order valence-electron chi connectivity index (χ1n) is 7.99. The van der Waals surface area contributed by atoms with Crippen molar-refractivity contribution in [2.45, 2.75) is 51.3 Å². The SMILES string of the molecule is CC(C)CNCc1ncnn1C1CCOC2(CCOC2)C1. The van der Waals surface area contributed by atoms with E-state index in [1.54, 1.807) is 6.33 Å². The van der Waals surface area contributed by atoms with Gasteiger partial charge in [0.05, 0.1) is 24.8 Å². The van der Waals surface area contributed by atoms with Crippen LogP contribution in [-0.4, -0.2) is 46.7 Å². The molecule has 0 saturated carbocycles. The van der Waals surface area contributed by atoms with Crippen LogP contribution in [0.5, 0.6) is 0 Å². The van der Waals surface area contributed by atoms with Crippen LogP contribution in [0.2, 0.25) is 0 Å². The Balaban J connectivity index is 1.64. The minimum atomic E-state index is -0.0858. The van der Waals surface area contributed by atoms with Crippen molar-refractivity contribution >= 4 is 0 Å². The van der Waals surface area contributed by atoms with Crippen LogP contribution in [0.15, 0.2) is 6.33 Å². The molecular formula is C15H26N4O2. The quantitative estimate of drug-likeness (QED) is 0.892. The summed E-state index contributed by atoms with van der Waals surface area (Å²) in [5.41, 5.74) is -0.0858. The average molecular weight is 294 g/mol. The number of aromatic nitrogens is 3. The fourth-order valence-corrected chi connectivity index (χ4v) is 3.25. The van der Waals surface area contributed by atoms with E-state index in [0.717, 1.165) is 58.0 Å². The summed E-state index contributed by atoms with van der Waals surface area (Å²) in [6, 6.07) is 0.374. The second kappa shape index (κ2) is 6.42. The Labute approximate surface area is 126 Å². The zero-order valence-electron chi connectivity index (χ0n) is 13.0. The molecule has 1 N–H and O–H groups in total.